The molecule has 0 saturated carbocycles. The van der Waals surface area contributed by atoms with E-state index in [-0.39, 0.29) is 17.3 Å². The van der Waals surface area contributed by atoms with Crippen LogP contribution < -0.4 is 5.32 Å². The maximum atomic E-state index is 12.4. The van der Waals surface area contributed by atoms with E-state index in [2.05, 4.69) is 20.7 Å². The highest BCUT2D eigenvalue weighted by Crippen LogP contribution is 2.25. The van der Waals surface area contributed by atoms with Crippen molar-refractivity contribution in [2.45, 2.75) is 25.3 Å². The number of rotatable bonds is 6. The molecule has 1 N–H and O–H groups in total. The highest BCUT2D eigenvalue weighted by Gasteiger charge is 2.20. The Hall–Kier alpha value is -2.63. The van der Waals surface area contributed by atoms with Crippen molar-refractivity contribution < 1.29 is 13.2 Å². The quantitative estimate of drug-likeness (QED) is 0.652. The summed E-state index contributed by atoms with van der Waals surface area (Å²) in [5, 5.41) is 16.7. The van der Waals surface area contributed by atoms with Gasteiger partial charge < -0.3 is 5.32 Å². The van der Waals surface area contributed by atoms with Crippen LogP contribution in [0.1, 0.15) is 11.1 Å². The second-order valence-electron chi connectivity index (χ2n) is 6.37. The summed E-state index contributed by atoms with van der Waals surface area (Å²) in [7, 11) is -0.687. The topological polar surface area (TPSA) is 110 Å². The highest BCUT2D eigenvalue weighted by atomic mass is 32.2. The van der Waals surface area contributed by atoms with Gasteiger partial charge in [-0.05, 0) is 53.8 Å². The Kier molecular flexibility index (Phi) is 5.59. The number of carbonyl (C=O) groups is 1. The summed E-state index contributed by atoms with van der Waals surface area (Å²) in [6, 6.07) is 6.80. The molecule has 3 rings (SSSR count). The van der Waals surface area contributed by atoms with E-state index in [1.165, 1.54) is 36.3 Å². The number of benzene rings is 1. The summed E-state index contributed by atoms with van der Waals surface area (Å²) >= 11 is 1.48. The number of tetrazole rings is 1. The number of sulfonamides is 1. The minimum atomic E-state index is -3.61. The monoisotopic (exact) mass is 420 g/mol. The number of nitrogens with one attached hydrogen (secondary N) is 1. The molecule has 0 fully saturated rings. The van der Waals surface area contributed by atoms with Crippen LogP contribution in [0.3, 0.4) is 0 Å². The number of aryl methyl sites for hydroxylation is 1. The summed E-state index contributed by atoms with van der Waals surface area (Å²) in [4.78, 5) is 14.6. The van der Waals surface area contributed by atoms with Gasteiger partial charge in [0.15, 0.2) is 0 Å². The third kappa shape index (κ3) is 4.11. The van der Waals surface area contributed by atoms with Crippen molar-refractivity contribution in [3.8, 4) is 10.7 Å². The van der Waals surface area contributed by atoms with E-state index in [9.17, 15) is 13.2 Å². The van der Waals surface area contributed by atoms with Crippen LogP contribution in [0.5, 0.6) is 0 Å². The zero-order valence-corrected chi connectivity index (χ0v) is 17.5. The molecule has 0 bridgehead atoms. The zero-order valence-electron chi connectivity index (χ0n) is 15.9. The van der Waals surface area contributed by atoms with Crippen LogP contribution >= 0.6 is 11.3 Å². The lowest BCUT2D eigenvalue weighted by Gasteiger charge is -2.16. The molecule has 0 atom stereocenters. The number of anilines is 1. The predicted octanol–water partition coefficient (Wildman–Crippen LogP) is 1.91. The second kappa shape index (κ2) is 7.78. The van der Waals surface area contributed by atoms with Gasteiger partial charge in [0.05, 0.1) is 9.77 Å². The van der Waals surface area contributed by atoms with Gasteiger partial charge in [0.25, 0.3) is 0 Å². The second-order valence-corrected chi connectivity index (χ2v) is 9.47. The Balaban J connectivity index is 1.79. The van der Waals surface area contributed by atoms with Gasteiger partial charge in [-0.15, -0.1) is 21.5 Å². The number of thiophene rings is 1. The minimum Gasteiger partial charge on any atom is -0.324 e. The molecule has 148 valence electrons. The molecule has 0 unspecified atom stereocenters. The van der Waals surface area contributed by atoms with E-state index >= 15 is 0 Å². The fourth-order valence-electron chi connectivity index (χ4n) is 2.45. The number of hydrogen-bond donors (Lipinski definition) is 1. The van der Waals surface area contributed by atoms with Crippen LogP contribution in [0, 0.1) is 13.8 Å². The molecule has 0 spiro atoms. The summed E-state index contributed by atoms with van der Waals surface area (Å²) in [6.45, 7) is 3.48. The van der Waals surface area contributed by atoms with Crippen LogP contribution in [0.25, 0.3) is 10.7 Å². The van der Waals surface area contributed by atoms with Crippen LogP contribution in [0.15, 0.2) is 34.5 Å². The first-order valence-electron chi connectivity index (χ1n) is 8.34. The number of amides is 1. The number of hydrogen-bond acceptors (Lipinski definition) is 7. The number of aromatic nitrogens is 4. The summed E-state index contributed by atoms with van der Waals surface area (Å²) in [5.41, 5.74) is 1.98. The van der Waals surface area contributed by atoms with E-state index in [0.29, 0.717) is 11.5 Å². The summed E-state index contributed by atoms with van der Waals surface area (Å²) in [5.74, 6) is 0.0749. The zero-order chi connectivity index (χ0) is 20.5. The van der Waals surface area contributed by atoms with Gasteiger partial charge in [0.2, 0.25) is 21.8 Å². The third-order valence-electron chi connectivity index (χ3n) is 4.17. The van der Waals surface area contributed by atoms with E-state index in [4.69, 9.17) is 0 Å². The van der Waals surface area contributed by atoms with E-state index in [0.717, 1.165) is 20.3 Å². The third-order valence-corrected chi connectivity index (χ3v) is 6.83. The minimum absolute atomic E-state index is 0.120. The van der Waals surface area contributed by atoms with E-state index in [1.807, 2.05) is 24.4 Å². The molecule has 0 aliphatic heterocycles. The molecule has 9 nitrogen and oxygen atoms in total. The number of carbonyl (C=O) groups excluding carboxylic acids is 1. The fourth-order valence-corrected chi connectivity index (χ4v) is 4.11. The largest absolute Gasteiger partial charge is 0.324 e. The molecule has 3 aromatic rings. The Labute approximate surface area is 167 Å². The Morgan fingerprint density at radius 2 is 2.04 bits per heavy atom. The first-order valence-corrected chi connectivity index (χ1v) is 10.7. The lowest BCUT2D eigenvalue weighted by molar-refractivity contribution is -0.117. The van der Waals surface area contributed by atoms with Crippen molar-refractivity contribution in [3.63, 3.8) is 0 Å². The van der Waals surface area contributed by atoms with Crippen LogP contribution in [0.2, 0.25) is 0 Å². The van der Waals surface area contributed by atoms with Gasteiger partial charge in [-0.1, -0.05) is 6.07 Å². The average molecular weight is 421 g/mol. The van der Waals surface area contributed by atoms with Gasteiger partial charge in [-0.3, -0.25) is 4.79 Å². The molecule has 2 aromatic heterocycles. The van der Waals surface area contributed by atoms with E-state index in [1.54, 1.807) is 13.0 Å². The van der Waals surface area contributed by atoms with Crippen molar-refractivity contribution in [1.29, 1.82) is 0 Å². The van der Waals surface area contributed by atoms with Crippen LogP contribution in [-0.4, -0.2) is 52.9 Å². The smallest absolute Gasteiger partial charge is 0.248 e. The molecule has 1 aromatic carbocycles. The fraction of sp³-hybridized carbons (Fsp3) is 0.294. The maximum Gasteiger partial charge on any atom is 0.248 e. The Bertz CT molecular complexity index is 1100. The molecule has 0 aliphatic rings. The molecule has 1 amide bonds. The molecule has 11 heteroatoms. The lowest BCUT2D eigenvalue weighted by atomic mass is 10.1. The standard InChI is InChI=1S/C17H20N6O3S2/c1-11-8-13(28(25,26)22(3)4)9-14(12(11)2)18-16(24)10-23-20-17(19-21-23)15-6-5-7-27-15/h5-9H,10H2,1-4H3,(H,18,24). The molecular weight excluding hydrogens is 400 g/mol. The van der Waals surface area contributed by atoms with Gasteiger partial charge >= 0.3 is 0 Å². The maximum absolute atomic E-state index is 12.4. The normalized spacial score (nSPS) is 11.8. The van der Waals surface area contributed by atoms with Crippen molar-refractivity contribution in [2.75, 3.05) is 19.4 Å². The van der Waals surface area contributed by atoms with Gasteiger partial charge in [0, 0.05) is 19.8 Å². The van der Waals surface area contributed by atoms with Crippen molar-refractivity contribution >= 4 is 33.0 Å². The molecule has 0 aliphatic carbocycles. The molecule has 0 saturated heterocycles. The van der Waals surface area contributed by atoms with Crippen LogP contribution in [-0.2, 0) is 21.4 Å². The van der Waals surface area contributed by atoms with Gasteiger partial charge in [-0.2, -0.15) is 4.80 Å². The molecule has 2 heterocycles. The Morgan fingerprint density at radius 3 is 2.68 bits per heavy atom. The van der Waals surface area contributed by atoms with Gasteiger partial charge in [-0.25, -0.2) is 12.7 Å². The summed E-state index contributed by atoms with van der Waals surface area (Å²) < 4.78 is 26.0. The highest BCUT2D eigenvalue weighted by molar-refractivity contribution is 7.89. The predicted molar refractivity (Wildman–Crippen MR) is 107 cm³/mol. The molecule has 28 heavy (non-hydrogen) atoms. The average Bonchev–Trinajstić information content (AvgIpc) is 3.29. The number of nitrogens with zero attached hydrogens (tertiary/aromatic N) is 5. The van der Waals surface area contributed by atoms with Gasteiger partial charge in [0.1, 0.15) is 6.54 Å². The molecular formula is C17H20N6O3S2. The lowest BCUT2D eigenvalue weighted by Crippen LogP contribution is -2.24. The SMILES string of the molecule is Cc1cc(S(=O)(=O)N(C)C)cc(NC(=O)Cn2nnc(-c3cccs3)n2)c1C. The first-order chi connectivity index (χ1) is 13.2. The van der Waals surface area contributed by atoms with Crippen molar-refractivity contribution in [1.82, 2.24) is 24.5 Å². The van der Waals surface area contributed by atoms with Crippen molar-refractivity contribution in [3.05, 3.63) is 40.8 Å². The molecule has 0 radical (unpaired) electrons. The van der Waals surface area contributed by atoms with E-state index < -0.39 is 10.0 Å². The first kappa shape index (κ1) is 20.1. The Morgan fingerprint density at radius 1 is 1.29 bits per heavy atom. The van der Waals surface area contributed by atoms with Crippen molar-refractivity contribution in [2.24, 2.45) is 0 Å². The summed E-state index contributed by atoms with van der Waals surface area (Å²) in [6.07, 6.45) is 0. The van der Waals surface area contributed by atoms with Crippen LogP contribution in [0.4, 0.5) is 5.69 Å².